The lowest BCUT2D eigenvalue weighted by molar-refractivity contribution is 0.0985. The lowest BCUT2D eigenvalue weighted by Gasteiger charge is -2.24. The zero-order valence-corrected chi connectivity index (χ0v) is 18.2. The molecular formula is C22H20INO3S. The zero-order chi connectivity index (χ0) is 20.1. The molecule has 3 aromatic rings. The Hall–Kier alpha value is -2.03. The van der Waals surface area contributed by atoms with Gasteiger partial charge in [0.05, 0.1) is 14.9 Å². The van der Waals surface area contributed by atoms with Crippen molar-refractivity contribution >= 4 is 38.4 Å². The lowest BCUT2D eigenvalue weighted by atomic mass is 9.99. The Kier molecular flexibility index (Phi) is 6.64. The van der Waals surface area contributed by atoms with Crippen molar-refractivity contribution in [3.05, 3.63) is 102 Å². The quantitative estimate of drug-likeness (QED) is 0.288. The Morgan fingerprint density at radius 3 is 1.96 bits per heavy atom. The van der Waals surface area contributed by atoms with Crippen LogP contribution in [-0.2, 0) is 10.0 Å². The van der Waals surface area contributed by atoms with Crippen LogP contribution in [0.1, 0.15) is 27.5 Å². The Balaban J connectivity index is 1.96. The van der Waals surface area contributed by atoms with Crippen LogP contribution in [0.3, 0.4) is 0 Å². The highest BCUT2D eigenvalue weighted by molar-refractivity contribution is 14.1. The molecule has 0 aliphatic heterocycles. The van der Waals surface area contributed by atoms with Gasteiger partial charge in [-0.15, -0.1) is 0 Å². The molecule has 2 atom stereocenters. The fourth-order valence-electron chi connectivity index (χ4n) is 2.82. The molecule has 0 aromatic heterocycles. The van der Waals surface area contributed by atoms with Crippen LogP contribution in [0, 0.1) is 6.92 Å². The smallest absolute Gasteiger partial charge is 0.241 e. The van der Waals surface area contributed by atoms with E-state index in [0.717, 1.165) is 11.1 Å². The predicted molar refractivity (Wildman–Crippen MR) is 119 cm³/mol. The molecule has 6 heteroatoms. The van der Waals surface area contributed by atoms with Crippen molar-refractivity contribution in [2.45, 2.75) is 21.8 Å². The second-order valence-corrected chi connectivity index (χ2v) is 9.51. The van der Waals surface area contributed by atoms with Crippen LogP contribution in [-0.4, -0.2) is 18.1 Å². The van der Waals surface area contributed by atoms with E-state index in [0.29, 0.717) is 5.56 Å². The maximum absolute atomic E-state index is 13.0. The summed E-state index contributed by atoms with van der Waals surface area (Å²) in [5.74, 6) is -0.123. The maximum atomic E-state index is 13.0. The number of Topliss-reactive ketones (excluding diaryl/α,β-unsaturated/α-hetero) is 1. The molecule has 3 rings (SSSR count). The fraction of sp³-hybridized carbons (Fsp3) is 0.136. The molecule has 0 bridgehead atoms. The zero-order valence-electron chi connectivity index (χ0n) is 15.2. The highest BCUT2D eigenvalue weighted by Gasteiger charge is 2.32. The molecule has 144 valence electrons. The third-order valence-electron chi connectivity index (χ3n) is 4.37. The third-order valence-corrected chi connectivity index (χ3v) is 7.12. The van der Waals surface area contributed by atoms with Gasteiger partial charge >= 0.3 is 0 Å². The van der Waals surface area contributed by atoms with E-state index in [-0.39, 0.29) is 10.7 Å². The summed E-state index contributed by atoms with van der Waals surface area (Å²) in [5, 5.41) is 0. The van der Waals surface area contributed by atoms with Gasteiger partial charge in [-0.05, 0) is 24.6 Å². The number of hydrogen-bond donors (Lipinski definition) is 1. The van der Waals surface area contributed by atoms with Crippen molar-refractivity contribution in [3.63, 3.8) is 0 Å². The number of carbonyl (C=O) groups excluding carboxylic acids is 1. The summed E-state index contributed by atoms with van der Waals surface area (Å²) < 4.78 is 28.1. The Labute approximate surface area is 179 Å². The molecule has 1 N–H and O–H groups in total. The van der Waals surface area contributed by atoms with Crippen molar-refractivity contribution in [2.24, 2.45) is 0 Å². The molecule has 4 nitrogen and oxygen atoms in total. The number of aryl methyl sites for hydroxylation is 1. The molecular weight excluding hydrogens is 485 g/mol. The van der Waals surface area contributed by atoms with Gasteiger partial charge in [0, 0.05) is 5.56 Å². The van der Waals surface area contributed by atoms with E-state index in [2.05, 4.69) is 4.72 Å². The van der Waals surface area contributed by atoms with Gasteiger partial charge in [0.15, 0.2) is 5.78 Å². The summed E-state index contributed by atoms with van der Waals surface area (Å²) in [6.07, 6.45) is 0. The van der Waals surface area contributed by atoms with E-state index in [9.17, 15) is 13.2 Å². The maximum Gasteiger partial charge on any atom is 0.241 e. The molecule has 28 heavy (non-hydrogen) atoms. The topological polar surface area (TPSA) is 63.2 Å². The normalized spacial score (nSPS) is 13.6. The summed E-state index contributed by atoms with van der Waals surface area (Å²) in [6, 6.07) is 24.0. The number of benzene rings is 3. The van der Waals surface area contributed by atoms with Crippen molar-refractivity contribution < 1.29 is 13.2 Å². The standard InChI is InChI=1S/C22H20INO3S/c1-16-12-14-19(15-13-16)28(26,27)24-21(17-8-4-2-5-9-17)20(23)22(25)18-10-6-3-7-11-18/h2-15,20-21,24H,1H3/t20?,21-/m1/s1. The predicted octanol–water partition coefficient (Wildman–Crippen LogP) is 4.70. The summed E-state index contributed by atoms with van der Waals surface area (Å²) in [7, 11) is -3.79. The highest BCUT2D eigenvalue weighted by atomic mass is 127. The molecule has 0 fully saturated rings. The number of alkyl halides is 1. The van der Waals surface area contributed by atoms with Gasteiger partial charge in [0.1, 0.15) is 0 Å². The second kappa shape index (κ2) is 8.98. The molecule has 1 unspecified atom stereocenters. The minimum atomic E-state index is -3.79. The van der Waals surface area contributed by atoms with Crippen molar-refractivity contribution in [1.82, 2.24) is 4.72 Å². The van der Waals surface area contributed by atoms with E-state index in [1.807, 2.05) is 65.9 Å². The number of hydrogen-bond acceptors (Lipinski definition) is 3. The average molecular weight is 505 g/mol. The van der Waals surface area contributed by atoms with E-state index in [1.165, 1.54) is 0 Å². The first kappa shape index (κ1) is 20.7. The number of rotatable bonds is 7. The molecule has 0 amide bonds. The third kappa shape index (κ3) is 4.87. The van der Waals surface area contributed by atoms with E-state index in [4.69, 9.17) is 0 Å². The summed E-state index contributed by atoms with van der Waals surface area (Å²) >= 11 is 2.02. The lowest BCUT2D eigenvalue weighted by Crippen LogP contribution is -2.37. The summed E-state index contributed by atoms with van der Waals surface area (Å²) in [4.78, 5) is 13.2. The molecule has 0 aliphatic rings. The van der Waals surface area contributed by atoms with Crippen LogP contribution in [0.25, 0.3) is 0 Å². The summed E-state index contributed by atoms with van der Waals surface area (Å²) in [5.41, 5.74) is 2.27. The van der Waals surface area contributed by atoms with Gasteiger partial charge < -0.3 is 0 Å². The monoisotopic (exact) mass is 505 g/mol. The molecule has 0 saturated carbocycles. The van der Waals surface area contributed by atoms with Crippen LogP contribution < -0.4 is 4.72 Å². The first-order valence-electron chi connectivity index (χ1n) is 8.76. The molecule has 0 heterocycles. The van der Waals surface area contributed by atoms with Crippen LogP contribution in [0.2, 0.25) is 0 Å². The Bertz CT molecular complexity index is 1040. The molecule has 0 aliphatic carbocycles. The number of halogens is 1. The highest BCUT2D eigenvalue weighted by Crippen LogP contribution is 2.28. The van der Waals surface area contributed by atoms with E-state index < -0.39 is 20.0 Å². The van der Waals surface area contributed by atoms with Crippen LogP contribution in [0.5, 0.6) is 0 Å². The SMILES string of the molecule is Cc1ccc(S(=O)(=O)N[C@H](c2ccccc2)C(I)C(=O)c2ccccc2)cc1. The molecule has 0 spiro atoms. The first-order chi connectivity index (χ1) is 13.4. The molecule has 3 aromatic carbocycles. The van der Waals surface area contributed by atoms with E-state index >= 15 is 0 Å². The fourth-order valence-corrected chi connectivity index (χ4v) is 5.26. The summed E-state index contributed by atoms with van der Waals surface area (Å²) in [6.45, 7) is 1.90. The van der Waals surface area contributed by atoms with Gasteiger partial charge in [-0.2, -0.15) is 0 Å². The Morgan fingerprint density at radius 1 is 0.857 bits per heavy atom. The van der Waals surface area contributed by atoms with Gasteiger partial charge in [-0.3, -0.25) is 4.79 Å². The average Bonchev–Trinajstić information content (AvgIpc) is 2.72. The van der Waals surface area contributed by atoms with E-state index in [1.54, 1.807) is 48.5 Å². The number of ketones is 1. The van der Waals surface area contributed by atoms with Crippen molar-refractivity contribution in [1.29, 1.82) is 0 Å². The van der Waals surface area contributed by atoms with Gasteiger partial charge in [0.25, 0.3) is 0 Å². The van der Waals surface area contributed by atoms with Crippen LogP contribution in [0.15, 0.2) is 89.8 Å². The second-order valence-electron chi connectivity index (χ2n) is 6.45. The van der Waals surface area contributed by atoms with Gasteiger partial charge in [-0.1, -0.05) is 101 Å². The van der Waals surface area contributed by atoms with Gasteiger partial charge in [0.2, 0.25) is 10.0 Å². The molecule has 0 saturated heterocycles. The van der Waals surface area contributed by atoms with Crippen molar-refractivity contribution in [2.75, 3.05) is 0 Å². The molecule has 0 radical (unpaired) electrons. The number of nitrogens with one attached hydrogen (secondary N) is 1. The Morgan fingerprint density at radius 2 is 1.39 bits per heavy atom. The number of carbonyl (C=O) groups is 1. The van der Waals surface area contributed by atoms with Gasteiger partial charge in [-0.25, -0.2) is 13.1 Å². The van der Waals surface area contributed by atoms with Crippen LogP contribution in [0.4, 0.5) is 0 Å². The minimum Gasteiger partial charge on any atom is -0.293 e. The largest absolute Gasteiger partial charge is 0.293 e. The van der Waals surface area contributed by atoms with Crippen LogP contribution >= 0.6 is 22.6 Å². The minimum absolute atomic E-state index is 0.123. The van der Waals surface area contributed by atoms with Crippen molar-refractivity contribution in [3.8, 4) is 0 Å². The number of sulfonamides is 1. The first-order valence-corrected chi connectivity index (χ1v) is 11.5.